The van der Waals surface area contributed by atoms with Crippen molar-refractivity contribution in [3.05, 3.63) is 53.1 Å². The number of carbonyl (C=O) groups excluding carboxylic acids is 1. The van der Waals surface area contributed by atoms with E-state index in [1.165, 1.54) is 5.69 Å². The first-order valence-electron chi connectivity index (χ1n) is 7.24. The summed E-state index contributed by atoms with van der Waals surface area (Å²) >= 11 is 5.86. The molecule has 0 atom stereocenters. The van der Waals surface area contributed by atoms with Crippen molar-refractivity contribution in [1.82, 2.24) is 14.9 Å². The quantitative estimate of drug-likeness (QED) is 0.947. The van der Waals surface area contributed by atoms with Crippen molar-refractivity contribution in [3.8, 4) is 0 Å². The molecule has 110 valence electrons. The van der Waals surface area contributed by atoms with E-state index in [4.69, 9.17) is 11.6 Å². The Morgan fingerprint density at radius 2 is 2.00 bits per heavy atom. The van der Waals surface area contributed by atoms with E-state index in [9.17, 15) is 4.79 Å². The molecule has 1 amide bonds. The van der Waals surface area contributed by atoms with Crippen molar-refractivity contribution in [2.24, 2.45) is 5.92 Å². The van der Waals surface area contributed by atoms with Crippen molar-refractivity contribution >= 4 is 17.5 Å². The van der Waals surface area contributed by atoms with Crippen LogP contribution in [0.1, 0.15) is 28.9 Å². The maximum absolute atomic E-state index is 12.4. The molecule has 1 aromatic heterocycles. The largest absolute Gasteiger partial charge is 0.348 e. The van der Waals surface area contributed by atoms with E-state index in [0.717, 1.165) is 32.4 Å². The summed E-state index contributed by atoms with van der Waals surface area (Å²) in [5, 5.41) is 0.657. The number of nitrogens with one attached hydrogen (secondary N) is 1. The van der Waals surface area contributed by atoms with E-state index < -0.39 is 0 Å². The SMILES string of the molecule is O=C(c1ccc(Cl)cc1)N1CCC(Cc2cnc[nH]2)CC1. The zero-order valence-electron chi connectivity index (χ0n) is 11.8. The number of carbonyl (C=O) groups is 1. The summed E-state index contributed by atoms with van der Waals surface area (Å²) in [6, 6.07) is 7.11. The minimum atomic E-state index is 0.103. The Hall–Kier alpha value is -1.81. The van der Waals surface area contributed by atoms with Crippen LogP contribution in [0.25, 0.3) is 0 Å². The molecule has 0 bridgehead atoms. The van der Waals surface area contributed by atoms with Crippen LogP contribution in [-0.4, -0.2) is 33.9 Å². The Kier molecular flexibility index (Phi) is 4.25. The minimum absolute atomic E-state index is 0.103. The van der Waals surface area contributed by atoms with E-state index in [0.29, 0.717) is 16.5 Å². The highest BCUT2D eigenvalue weighted by Gasteiger charge is 2.23. The van der Waals surface area contributed by atoms with Gasteiger partial charge in [-0.3, -0.25) is 4.79 Å². The maximum Gasteiger partial charge on any atom is 0.253 e. The highest BCUT2D eigenvalue weighted by molar-refractivity contribution is 6.30. The topological polar surface area (TPSA) is 49.0 Å². The van der Waals surface area contributed by atoms with Gasteiger partial charge in [-0.2, -0.15) is 0 Å². The molecule has 3 rings (SSSR count). The number of nitrogens with zero attached hydrogens (tertiary/aromatic N) is 2. The number of H-pyrrole nitrogens is 1. The fraction of sp³-hybridized carbons (Fsp3) is 0.375. The van der Waals surface area contributed by atoms with Gasteiger partial charge in [-0.1, -0.05) is 11.6 Å². The average molecular weight is 304 g/mol. The third-order valence-corrected chi connectivity index (χ3v) is 4.31. The Labute approximate surface area is 129 Å². The number of halogens is 1. The molecule has 5 heteroatoms. The molecule has 2 aromatic rings. The van der Waals surface area contributed by atoms with Crippen LogP contribution in [0.15, 0.2) is 36.8 Å². The van der Waals surface area contributed by atoms with Crippen molar-refractivity contribution in [3.63, 3.8) is 0 Å². The van der Waals surface area contributed by atoms with Crippen LogP contribution >= 0.6 is 11.6 Å². The zero-order valence-corrected chi connectivity index (χ0v) is 12.5. The number of piperidine rings is 1. The number of benzene rings is 1. The van der Waals surface area contributed by atoms with Crippen LogP contribution in [0.3, 0.4) is 0 Å². The number of amides is 1. The number of imidazole rings is 1. The highest BCUT2D eigenvalue weighted by atomic mass is 35.5. The fourth-order valence-corrected chi connectivity index (χ4v) is 2.95. The second kappa shape index (κ2) is 6.31. The van der Waals surface area contributed by atoms with Crippen LogP contribution in [0.5, 0.6) is 0 Å². The van der Waals surface area contributed by atoms with E-state index in [1.54, 1.807) is 30.6 Å². The lowest BCUT2D eigenvalue weighted by Crippen LogP contribution is -2.38. The van der Waals surface area contributed by atoms with Gasteiger partial charge in [-0.05, 0) is 49.4 Å². The molecular formula is C16H18ClN3O. The number of aromatic nitrogens is 2. The van der Waals surface area contributed by atoms with Gasteiger partial charge < -0.3 is 9.88 Å². The molecule has 1 aliphatic rings. The van der Waals surface area contributed by atoms with E-state index in [2.05, 4.69) is 9.97 Å². The van der Waals surface area contributed by atoms with Gasteiger partial charge in [-0.15, -0.1) is 0 Å². The van der Waals surface area contributed by atoms with Crippen LogP contribution in [-0.2, 0) is 6.42 Å². The highest BCUT2D eigenvalue weighted by Crippen LogP contribution is 2.22. The summed E-state index contributed by atoms with van der Waals surface area (Å²) in [5.74, 6) is 0.728. The molecule has 1 fully saturated rings. The molecule has 21 heavy (non-hydrogen) atoms. The Bertz CT molecular complexity index is 586. The Balaban J connectivity index is 1.55. The van der Waals surface area contributed by atoms with E-state index in [-0.39, 0.29) is 5.91 Å². The van der Waals surface area contributed by atoms with Gasteiger partial charge in [0.2, 0.25) is 0 Å². The van der Waals surface area contributed by atoms with E-state index >= 15 is 0 Å². The molecule has 1 aromatic carbocycles. The maximum atomic E-state index is 12.4. The molecule has 1 saturated heterocycles. The monoisotopic (exact) mass is 303 g/mol. The van der Waals surface area contributed by atoms with Crippen LogP contribution in [0.4, 0.5) is 0 Å². The van der Waals surface area contributed by atoms with Gasteiger partial charge in [0, 0.05) is 35.6 Å². The van der Waals surface area contributed by atoms with Gasteiger partial charge in [0.05, 0.1) is 6.33 Å². The molecule has 1 N–H and O–H groups in total. The summed E-state index contributed by atoms with van der Waals surface area (Å²) in [4.78, 5) is 21.5. The smallest absolute Gasteiger partial charge is 0.253 e. The Morgan fingerprint density at radius 3 is 2.62 bits per heavy atom. The number of aromatic amines is 1. The molecule has 0 saturated carbocycles. The van der Waals surface area contributed by atoms with Crippen molar-refractivity contribution in [1.29, 1.82) is 0 Å². The normalized spacial score (nSPS) is 16.1. The molecule has 0 unspecified atom stereocenters. The van der Waals surface area contributed by atoms with Crippen LogP contribution in [0, 0.1) is 5.92 Å². The summed E-state index contributed by atoms with van der Waals surface area (Å²) in [6.07, 6.45) is 6.69. The molecule has 0 radical (unpaired) electrons. The summed E-state index contributed by atoms with van der Waals surface area (Å²) in [5.41, 5.74) is 1.89. The van der Waals surface area contributed by atoms with Crippen molar-refractivity contribution < 1.29 is 4.79 Å². The molecule has 2 heterocycles. The van der Waals surface area contributed by atoms with Crippen molar-refractivity contribution in [2.75, 3.05) is 13.1 Å². The van der Waals surface area contributed by atoms with Gasteiger partial charge >= 0.3 is 0 Å². The number of hydrogen-bond donors (Lipinski definition) is 1. The first kappa shape index (κ1) is 14.1. The average Bonchev–Trinajstić information content (AvgIpc) is 3.01. The molecule has 0 aliphatic carbocycles. The molecule has 0 spiro atoms. The molecule has 4 nitrogen and oxygen atoms in total. The minimum Gasteiger partial charge on any atom is -0.348 e. The standard InChI is InChI=1S/C16H18ClN3O/c17-14-3-1-13(2-4-14)16(21)20-7-5-12(6-8-20)9-15-10-18-11-19-15/h1-4,10-12H,5-9H2,(H,18,19). The second-order valence-electron chi connectivity index (χ2n) is 5.52. The van der Waals surface area contributed by atoms with Gasteiger partial charge in [0.25, 0.3) is 5.91 Å². The zero-order chi connectivity index (χ0) is 14.7. The summed E-state index contributed by atoms with van der Waals surface area (Å²) < 4.78 is 0. The third kappa shape index (κ3) is 3.45. The van der Waals surface area contributed by atoms with Crippen LogP contribution < -0.4 is 0 Å². The molecular weight excluding hydrogens is 286 g/mol. The lowest BCUT2D eigenvalue weighted by atomic mass is 9.92. The first-order valence-corrected chi connectivity index (χ1v) is 7.62. The Morgan fingerprint density at radius 1 is 1.29 bits per heavy atom. The predicted molar refractivity (Wildman–Crippen MR) is 82.4 cm³/mol. The van der Waals surface area contributed by atoms with Crippen LogP contribution in [0.2, 0.25) is 5.02 Å². The summed E-state index contributed by atoms with van der Waals surface area (Å²) in [7, 11) is 0. The summed E-state index contributed by atoms with van der Waals surface area (Å²) in [6.45, 7) is 1.64. The first-order chi connectivity index (χ1) is 10.2. The van der Waals surface area contributed by atoms with Crippen molar-refractivity contribution in [2.45, 2.75) is 19.3 Å². The number of rotatable bonds is 3. The lowest BCUT2D eigenvalue weighted by Gasteiger charge is -2.32. The van der Waals surface area contributed by atoms with Gasteiger partial charge in [0.15, 0.2) is 0 Å². The molecule has 1 aliphatic heterocycles. The fourth-order valence-electron chi connectivity index (χ4n) is 2.82. The number of hydrogen-bond acceptors (Lipinski definition) is 2. The van der Waals surface area contributed by atoms with Gasteiger partial charge in [0.1, 0.15) is 0 Å². The van der Waals surface area contributed by atoms with Gasteiger partial charge in [-0.25, -0.2) is 4.98 Å². The third-order valence-electron chi connectivity index (χ3n) is 4.06. The predicted octanol–water partition coefficient (Wildman–Crippen LogP) is 3.16. The second-order valence-corrected chi connectivity index (χ2v) is 5.96. The number of likely N-dealkylation sites (tertiary alicyclic amines) is 1. The van der Waals surface area contributed by atoms with E-state index in [1.807, 2.05) is 11.1 Å². The lowest BCUT2D eigenvalue weighted by molar-refractivity contribution is 0.0690.